The van der Waals surface area contributed by atoms with Gasteiger partial charge in [0.15, 0.2) is 0 Å². The second kappa shape index (κ2) is 3.79. The van der Waals surface area contributed by atoms with Crippen molar-refractivity contribution in [3.05, 3.63) is 28.6 Å². The number of aromatic hydroxyl groups is 1. The predicted molar refractivity (Wildman–Crippen MR) is 62.4 cm³/mol. The number of alkyl halides is 1. The molecule has 2 aromatic rings. The molecule has 0 bridgehead atoms. The summed E-state index contributed by atoms with van der Waals surface area (Å²) in [5.41, 5.74) is 2.18. The molecule has 0 radical (unpaired) electrons. The van der Waals surface area contributed by atoms with Crippen LogP contribution in [0.3, 0.4) is 0 Å². The first-order valence-corrected chi connectivity index (χ1v) is 5.95. The Hall–Kier alpha value is -0.730. The van der Waals surface area contributed by atoms with Crippen LogP contribution < -0.4 is 0 Å². The van der Waals surface area contributed by atoms with Crippen LogP contribution in [0.25, 0.3) is 10.1 Å². The van der Waals surface area contributed by atoms with E-state index in [-0.39, 0.29) is 0 Å². The number of phenolic OH excluding ortho intramolecular Hbond substituents is 1. The fourth-order valence-corrected chi connectivity index (χ4v) is 2.88. The highest BCUT2D eigenvalue weighted by atomic mass is 35.5. The summed E-state index contributed by atoms with van der Waals surface area (Å²) in [5, 5.41) is 12.9. The third-order valence-electron chi connectivity index (χ3n) is 2.33. The summed E-state index contributed by atoms with van der Waals surface area (Å²) in [6.07, 6.45) is 0.952. The van der Waals surface area contributed by atoms with E-state index in [1.54, 1.807) is 17.4 Å². The largest absolute Gasteiger partial charge is 0.507 e. The van der Waals surface area contributed by atoms with E-state index in [1.165, 1.54) is 5.56 Å². The van der Waals surface area contributed by atoms with Crippen molar-refractivity contribution in [2.75, 3.05) is 0 Å². The molecule has 0 aliphatic heterocycles. The van der Waals surface area contributed by atoms with Crippen LogP contribution in [0.5, 0.6) is 5.75 Å². The normalized spacial score (nSPS) is 11.0. The molecule has 1 N–H and O–H groups in total. The number of halogens is 1. The fraction of sp³-hybridized carbons (Fsp3) is 0.273. The lowest BCUT2D eigenvalue weighted by atomic mass is 10.1. The van der Waals surface area contributed by atoms with Crippen LogP contribution in [0.1, 0.15) is 18.1 Å². The van der Waals surface area contributed by atoms with E-state index in [4.69, 9.17) is 11.6 Å². The van der Waals surface area contributed by atoms with Crippen molar-refractivity contribution in [1.82, 2.24) is 0 Å². The molecule has 0 unspecified atom stereocenters. The van der Waals surface area contributed by atoms with Gasteiger partial charge in [-0.2, -0.15) is 0 Å². The zero-order valence-corrected chi connectivity index (χ0v) is 9.45. The standard InChI is InChI=1S/C11H11ClOS/c1-2-8-6-14-10-4-7(5-12)3-9(13)11(8)10/h3-4,6,13H,2,5H2,1H3. The topological polar surface area (TPSA) is 20.2 Å². The maximum atomic E-state index is 9.83. The molecule has 1 aromatic carbocycles. The molecular weight excluding hydrogens is 216 g/mol. The molecule has 1 nitrogen and oxygen atoms in total. The van der Waals surface area contributed by atoms with Gasteiger partial charge in [-0.05, 0) is 35.1 Å². The first-order chi connectivity index (χ1) is 6.76. The van der Waals surface area contributed by atoms with E-state index >= 15 is 0 Å². The van der Waals surface area contributed by atoms with E-state index < -0.39 is 0 Å². The monoisotopic (exact) mass is 226 g/mol. The molecule has 0 aliphatic carbocycles. The van der Waals surface area contributed by atoms with Gasteiger partial charge in [0.2, 0.25) is 0 Å². The van der Waals surface area contributed by atoms with Crippen LogP contribution in [-0.4, -0.2) is 5.11 Å². The highest BCUT2D eigenvalue weighted by molar-refractivity contribution is 7.17. The third-order valence-corrected chi connectivity index (χ3v) is 3.61. The Morgan fingerprint density at radius 2 is 2.21 bits per heavy atom. The Morgan fingerprint density at radius 3 is 2.86 bits per heavy atom. The molecule has 1 aromatic heterocycles. The molecule has 2 rings (SSSR count). The maximum absolute atomic E-state index is 9.83. The van der Waals surface area contributed by atoms with Crippen molar-refractivity contribution in [1.29, 1.82) is 0 Å². The fourth-order valence-electron chi connectivity index (χ4n) is 1.60. The molecule has 0 aliphatic rings. The van der Waals surface area contributed by atoms with E-state index in [1.807, 2.05) is 6.07 Å². The van der Waals surface area contributed by atoms with Gasteiger partial charge in [-0.15, -0.1) is 22.9 Å². The van der Waals surface area contributed by atoms with Gasteiger partial charge in [0.05, 0.1) is 0 Å². The summed E-state index contributed by atoms with van der Waals surface area (Å²) in [4.78, 5) is 0. The van der Waals surface area contributed by atoms with Crippen LogP contribution >= 0.6 is 22.9 Å². The Morgan fingerprint density at radius 1 is 1.43 bits per heavy atom. The van der Waals surface area contributed by atoms with E-state index in [0.717, 1.165) is 22.1 Å². The van der Waals surface area contributed by atoms with Crippen LogP contribution in [-0.2, 0) is 12.3 Å². The van der Waals surface area contributed by atoms with Gasteiger partial charge >= 0.3 is 0 Å². The minimum atomic E-state index is 0.358. The van der Waals surface area contributed by atoms with Gasteiger partial charge in [-0.3, -0.25) is 0 Å². The van der Waals surface area contributed by atoms with Crippen molar-refractivity contribution in [2.45, 2.75) is 19.2 Å². The second-order valence-corrected chi connectivity index (χ2v) is 4.41. The van der Waals surface area contributed by atoms with Gasteiger partial charge in [-0.25, -0.2) is 0 Å². The predicted octanol–water partition coefficient (Wildman–Crippen LogP) is 3.91. The SMILES string of the molecule is CCc1csc2cc(CCl)cc(O)c12. The molecule has 74 valence electrons. The van der Waals surface area contributed by atoms with E-state index in [0.29, 0.717) is 11.6 Å². The molecule has 0 saturated carbocycles. The Labute approximate surface area is 91.9 Å². The first kappa shape index (κ1) is 9.81. The number of benzene rings is 1. The molecule has 0 atom stereocenters. The summed E-state index contributed by atoms with van der Waals surface area (Å²) in [7, 11) is 0. The minimum absolute atomic E-state index is 0.358. The van der Waals surface area contributed by atoms with Gasteiger partial charge in [0.25, 0.3) is 0 Å². The lowest BCUT2D eigenvalue weighted by molar-refractivity contribution is 0.481. The zero-order valence-electron chi connectivity index (χ0n) is 7.88. The molecule has 0 fully saturated rings. The highest BCUT2D eigenvalue weighted by Crippen LogP contribution is 2.35. The number of hydrogen-bond acceptors (Lipinski definition) is 2. The average molecular weight is 227 g/mol. The lowest BCUT2D eigenvalue weighted by Gasteiger charge is -2.01. The smallest absolute Gasteiger partial charge is 0.124 e. The Bertz CT molecular complexity index is 462. The van der Waals surface area contributed by atoms with Crippen LogP contribution in [0.2, 0.25) is 0 Å². The van der Waals surface area contributed by atoms with Gasteiger partial charge in [0, 0.05) is 16.0 Å². The van der Waals surface area contributed by atoms with Gasteiger partial charge in [-0.1, -0.05) is 6.92 Å². The van der Waals surface area contributed by atoms with Crippen LogP contribution in [0.15, 0.2) is 17.5 Å². The van der Waals surface area contributed by atoms with Crippen molar-refractivity contribution in [2.24, 2.45) is 0 Å². The number of thiophene rings is 1. The number of hydrogen-bond donors (Lipinski definition) is 1. The first-order valence-electron chi connectivity index (χ1n) is 4.54. The summed E-state index contributed by atoms with van der Waals surface area (Å²) in [5.74, 6) is 0.805. The van der Waals surface area contributed by atoms with Crippen molar-refractivity contribution in [3.8, 4) is 5.75 Å². The number of phenols is 1. The van der Waals surface area contributed by atoms with E-state index in [9.17, 15) is 5.11 Å². The van der Waals surface area contributed by atoms with Crippen LogP contribution in [0, 0.1) is 0 Å². The Balaban J connectivity index is 2.72. The lowest BCUT2D eigenvalue weighted by Crippen LogP contribution is -1.80. The molecule has 0 spiro atoms. The summed E-state index contributed by atoms with van der Waals surface area (Å²) >= 11 is 7.40. The molecular formula is C11H11ClOS. The second-order valence-electron chi connectivity index (χ2n) is 3.24. The molecule has 3 heteroatoms. The molecule has 1 heterocycles. The zero-order chi connectivity index (χ0) is 10.1. The summed E-state index contributed by atoms with van der Waals surface area (Å²) in [6, 6.07) is 3.80. The van der Waals surface area contributed by atoms with Crippen LogP contribution in [0.4, 0.5) is 0 Å². The molecule has 0 amide bonds. The van der Waals surface area contributed by atoms with Crippen molar-refractivity contribution < 1.29 is 5.11 Å². The van der Waals surface area contributed by atoms with Gasteiger partial charge in [0.1, 0.15) is 5.75 Å². The number of rotatable bonds is 2. The number of fused-ring (bicyclic) bond motifs is 1. The van der Waals surface area contributed by atoms with Gasteiger partial charge < -0.3 is 5.11 Å². The highest BCUT2D eigenvalue weighted by Gasteiger charge is 2.08. The minimum Gasteiger partial charge on any atom is -0.507 e. The summed E-state index contributed by atoms with van der Waals surface area (Å²) < 4.78 is 1.12. The van der Waals surface area contributed by atoms with Crippen molar-refractivity contribution in [3.63, 3.8) is 0 Å². The summed E-state index contributed by atoms with van der Waals surface area (Å²) in [6.45, 7) is 2.09. The van der Waals surface area contributed by atoms with Crippen molar-refractivity contribution >= 4 is 33.0 Å². The maximum Gasteiger partial charge on any atom is 0.124 e. The average Bonchev–Trinajstić information content (AvgIpc) is 2.61. The number of aryl methyl sites for hydroxylation is 1. The molecule has 14 heavy (non-hydrogen) atoms. The quantitative estimate of drug-likeness (QED) is 0.770. The Kier molecular flexibility index (Phi) is 2.66. The third kappa shape index (κ3) is 1.49. The molecule has 0 saturated heterocycles. The van der Waals surface area contributed by atoms with E-state index in [2.05, 4.69) is 12.3 Å².